The number of hydrogen-bond acceptors (Lipinski definition) is 5. The van der Waals surface area contributed by atoms with E-state index in [-0.39, 0.29) is 5.91 Å². The lowest BCUT2D eigenvalue weighted by Gasteiger charge is -2.08. The van der Waals surface area contributed by atoms with Gasteiger partial charge in [0, 0.05) is 29.8 Å². The van der Waals surface area contributed by atoms with Crippen LogP contribution in [-0.4, -0.2) is 23.0 Å². The van der Waals surface area contributed by atoms with Crippen molar-refractivity contribution in [1.29, 1.82) is 0 Å². The summed E-state index contributed by atoms with van der Waals surface area (Å²) in [5, 5.41) is 5.88. The molecule has 0 aliphatic rings. The van der Waals surface area contributed by atoms with E-state index in [1.165, 1.54) is 12.4 Å². The summed E-state index contributed by atoms with van der Waals surface area (Å²) in [6.07, 6.45) is 2.97. The van der Waals surface area contributed by atoms with E-state index >= 15 is 0 Å². The van der Waals surface area contributed by atoms with Crippen LogP contribution in [0, 0.1) is 6.92 Å². The smallest absolute Gasteiger partial charge is 0.258 e. The van der Waals surface area contributed by atoms with Crippen LogP contribution in [0.15, 0.2) is 60.9 Å². The van der Waals surface area contributed by atoms with Gasteiger partial charge in [0.05, 0.1) is 12.7 Å². The van der Waals surface area contributed by atoms with Gasteiger partial charge in [-0.1, -0.05) is 23.8 Å². The van der Waals surface area contributed by atoms with Crippen LogP contribution in [0.4, 0.5) is 17.3 Å². The number of nitrogens with zero attached hydrogens (tertiary/aromatic N) is 2. The number of hydrogen-bond donors (Lipinski definition) is 2. The van der Waals surface area contributed by atoms with Crippen LogP contribution in [0.1, 0.15) is 15.9 Å². The molecule has 1 amide bonds. The average Bonchev–Trinajstić information content (AvgIpc) is 2.64. The van der Waals surface area contributed by atoms with Crippen LogP contribution >= 0.6 is 0 Å². The molecule has 25 heavy (non-hydrogen) atoms. The second-order valence-corrected chi connectivity index (χ2v) is 5.47. The summed E-state index contributed by atoms with van der Waals surface area (Å²) in [5.74, 6) is 0.885. The Hall–Kier alpha value is -3.41. The Morgan fingerprint density at radius 1 is 1.00 bits per heavy atom. The van der Waals surface area contributed by atoms with Gasteiger partial charge in [-0.15, -0.1) is 0 Å². The Morgan fingerprint density at radius 3 is 2.40 bits per heavy atom. The van der Waals surface area contributed by atoms with Crippen LogP contribution < -0.4 is 15.4 Å². The van der Waals surface area contributed by atoms with Crippen molar-refractivity contribution in [1.82, 2.24) is 9.97 Å². The number of aryl methyl sites for hydroxylation is 1. The van der Waals surface area contributed by atoms with Crippen molar-refractivity contribution in [2.75, 3.05) is 17.7 Å². The van der Waals surface area contributed by atoms with Crippen LogP contribution in [0.25, 0.3) is 0 Å². The zero-order valence-electron chi connectivity index (χ0n) is 14.0. The largest absolute Gasteiger partial charge is 0.497 e. The van der Waals surface area contributed by atoms with Gasteiger partial charge in [0.15, 0.2) is 0 Å². The molecule has 0 saturated carbocycles. The van der Waals surface area contributed by atoms with Crippen molar-refractivity contribution < 1.29 is 9.53 Å². The van der Waals surface area contributed by atoms with Crippen LogP contribution in [0.3, 0.4) is 0 Å². The molecule has 0 unspecified atom stereocenters. The minimum Gasteiger partial charge on any atom is -0.497 e. The van der Waals surface area contributed by atoms with Gasteiger partial charge in [-0.05, 0) is 31.2 Å². The van der Waals surface area contributed by atoms with Gasteiger partial charge in [0.2, 0.25) is 5.95 Å². The molecule has 0 atom stereocenters. The molecule has 0 aliphatic heterocycles. The fourth-order valence-electron chi connectivity index (χ4n) is 2.18. The highest BCUT2D eigenvalue weighted by atomic mass is 16.5. The molecule has 0 fully saturated rings. The van der Waals surface area contributed by atoms with E-state index in [0.717, 1.165) is 22.7 Å². The van der Waals surface area contributed by atoms with Gasteiger partial charge in [-0.3, -0.25) is 4.79 Å². The molecule has 0 bridgehead atoms. The maximum absolute atomic E-state index is 12.2. The number of amides is 1. The summed E-state index contributed by atoms with van der Waals surface area (Å²) < 4.78 is 5.17. The molecule has 2 N–H and O–H groups in total. The number of anilines is 3. The Labute approximate surface area is 145 Å². The molecule has 0 radical (unpaired) electrons. The Balaban J connectivity index is 1.66. The minimum atomic E-state index is -0.253. The maximum Gasteiger partial charge on any atom is 0.258 e. The highest BCUT2D eigenvalue weighted by Crippen LogP contribution is 2.19. The Morgan fingerprint density at radius 2 is 1.72 bits per heavy atom. The first-order valence-electron chi connectivity index (χ1n) is 7.75. The number of benzene rings is 2. The summed E-state index contributed by atoms with van der Waals surface area (Å²) >= 11 is 0. The first kappa shape index (κ1) is 16.4. The molecule has 1 aromatic heterocycles. The fourth-order valence-corrected chi connectivity index (χ4v) is 2.18. The topological polar surface area (TPSA) is 76.1 Å². The maximum atomic E-state index is 12.2. The SMILES string of the molecule is COc1cccc(Nc2ncc(C(=O)Nc3ccc(C)cc3)cn2)c1. The number of nitrogens with one attached hydrogen (secondary N) is 2. The monoisotopic (exact) mass is 334 g/mol. The summed E-state index contributed by atoms with van der Waals surface area (Å²) in [6.45, 7) is 1.99. The summed E-state index contributed by atoms with van der Waals surface area (Å²) in [7, 11) is 1.61. The van der Waals surface area contributed by atoms with Gasteiger partial charge in [-0.2, -0.15) is 0 Å². The van der Waals surface area contributed by atoms with Crippen molar-refractivity contribution in [2.24, 2.45) is 0 Å². The average molecular weight is 334 g/mol. The van der Waals surface area contributed by atoms with Crippen LogP contribution in [0.2, 0.25) is 0 Å². The molecule has 6 heteroatoms. The quantitative estimate of drug-likeness (QED) is 0.742. The molecular weight excluding hydrogens is 316 g/mol. The number of carbonyl (C=O) groups excluding carboxylic acids is 1. The second-order valence-electron chi connectivity index (χ2n) is 5.47. The first-order chi connectivity index (χ1) is 12.1. The van der Waals surface area contributed by atoms with E-state index in [2.05, 4.69) is 20.6 Å². The highest BCUT2D eigenvalue weighted by Gasteiger charge is 2.08. The Bertz CT molecular complexity index is 861. The lowest BCUT2D eigenvalue weighted by molar-refractivity contribution is 0.102. The molecule has 3 rings (SSSR count). The van der Waals surface area contributed by atoms with E-state index in [0.29, 0.717) is 11.5 Å². The predicted molar refractivity (Wildman–Crippen MR) is 97.4 cm³/mol. The standard InChI is InChI=1S/C19H18N4O2/c1-13-6-8-15(9-7-13)22-18(24)14-11-20-19(21-12-14)23-16-4-3-5-17(10-16)25-2/h3-12H,1-2H3,(H,22,24)(H,20,21,23). The molecule has 0 spiro atoms. The molecule has 0 saturated heterocycles. The molecular formula is C19H18N4O2. The molecule has 126 valence electrons. The van der Waals surface area contributed by atoms with Gasteiger partial charge >= 0.3 is 0 Å². The number of rotatable bonds is 5. The third-order valence-electron chi connectivity index (χ3n) is 3.55. The van der Waals surface area contributed by atoms with Crippen LogP contribution in [0.5, 0.6) is 5.75 Å². The van der Waals surface area contributed by atoms with E-state index in [9.17, 15) is 4.79 Å². The lowest BCUT2D eigenvalue weighted by atomic mass is 10.2. The van der Waals surface area contributed by atoms with Crippen molar-refractivity contribution in [2.45, 2.75) is 6.92 Å². The van der Waals surface area contributed by atoms with Crippen molar-refractivity contribution >= 4 is 23.2 Å². The minimum absolute atomic E-state index is 0.253. The predicted octanol–water partition coefficient (Wildman–Crippen LogP) is 3.79. The molecule has 3 aromatic rings. The molecule has 1 heterocycles. The Kier molecular flexibility index (Phi) is 4.89. The highest BCUT2D eigenvalue weighted by molar-refractivity contribution is 6.03. The second kappa shape index (κ2) is 7.44. The van der Waals surface area contributed by atoms with Gasteiger partial charge in [0.25, 0.3) is 5.91 Å². The molecule has 2 aromatic carbocycles. The number of aromatic nitrogens is 2. The van der Waals surface area contributed by atoms with Crippen LogP contribution in [-0.2, 0) is 0 Å². The van der Waals surface area contributed by atoms with Crippen molar-refractivity contribution in [3.8, 4) is 5.75 Å². The zero-order valence-corrected chi connectivity index (χ0v) is 14.0. The zero-order chi connectivity index (χ0) is 17.6. The summed E-state index contributed by atoms with van der Waals surface area (Å²) in [5.41, 5.74) is 3.05. The van der Waals surface area contributed by atoms with Gasteiger partial charge in [-0.25, -0.2) is 9.97 Å². The first-order valence-corrected chi connectivity index (χ1v) is 7.75. The van der Waals surface area contributed by atoms with Gasteiger partial charge < -0.3 is 15.4 Å². The third kappa shape index (κ3) is 4.32. The van der Waals surface area contributed by atoms with E-state index in [1.807, 2.05) is 55.5 Å². The normalized spacial score (nSPS) is 10.2. The van der Waals surface area contributed by atoms with Gasteiger partial charge in [0.1, 0.15) is 5.75 Å². The van der Waals surface area contributed by atoms with Crippen molar-refractivity contribution in [3.05, 3.63) is 72.1 Å². The third-order valence-corrected chi connectivity index (χ3v) is 3.55. The van der Waals surface area contributed by atoms with E-state index in [4.69, 9.17) is 4.74 Å². The number of methoxy groups -OCH3 is 1. The molecule has 6 nitrogen and oxygen atoms in total. The van der Waals surface area contributed by atoms with E-state index in [1.54, 1.807) is 7.11 Å². The fraction of sp³-hybridized carbons (Fsp3) is 0.105. The number of ether oxygens (including phenoxy) is 1. The molecule has 0 aliphatic carbocycles. The number of carbonyl (C=O) groups is 1. The summed E-state index contributed by atoms with van der Waals surface area (Å²) in [4.78, 5) is 20.6. The van der Waals surface area contributed by atoms with E-state index < -0.39 is 0 Å². The summed E-state index contributed by atoms with van der Waals surface area (Å²) in [6, 6.07) is 15.0. The van der Waals surface area contributed by atoms with Crippen molar-refractivity contribution in [3.63, 3.8) is 0 Å². The lowest BCUT2D eigenvalue weighted by Crippen LogP contribution is -2.13.